The predicted octanol–water partition coefficient (Wildman–Crippen LogP) is 4.41. The van der Waals surface area contributed by atoms with E-state index in [1.165, 1.54) is 44.1 Å². The molecule has 1 aromatic carbocycles. The predicted molar refractivity (Wildman–Crippen MR) is 81.5 cm³/mol. The molecule has 1 heteroatoms. The number of hydrogen-bond donors (Lipinski definition) is 1. The van der Waals surface area contributed by atoms with E-state index in [0.717, 1.165) is 23.9 Å². The Morgan fingerprint density at radius 3 is 2.63 bits per heavy atom. The molecule has 0 radical (unpaired) electrons. The average molecular weight is 257 g/mol. The summed E-state index contributed by atoms with van der Waals surface area (Å²) in [5.74, 6) is 1.68. The van der Waals surface area contributed by atoms with Crippen LogP contribution >= 0.6 is 0 Å². The van der Waals surface area contributed by atoms with Crippen LogP contribution in [0.1, 0.15) is 62.5 Å². The van der Waals surface area contributed by atoms with Crippen LogP contribution in [-0.4, -0.2) is 12.1 Å². The molecule has 0 saturated heterocycles. The summed E-state index contributed by atoms with van der Waals surface area (Å²) >= 11 is 0. The van der Waals surface area contributed by atoms with Gasteiger partial charge in [0.25, 0.3) is 0 Å². The Labute approximate surface area is 117 Å². The van der Waals surface area contributed by atoms with Crippen LogP contribution in [0.2, 0.25) is 0 Å². The molecule has 1 nitrogen and oxygen atoms in total. The van der Waals surface area contributed by atoms with Gasteiger partial charge in [0.15, 0.2) is 0 Å². The first-order valence-corrected chi connectivity index (χ1v) is 8.05. The summed E-state index contributed by atoms with van der Waals surface area (Å²) in [5.41, 5.74) is 2.95. The first-order valence-electron chi connectivity index (χ1n) is 8.05. The third-order valence-corrected chi connectivity index (χ3v) is 5.21. The minimum Gasteiger partial charge on any atom is -0.311 e. The molecule has 1 N–H and O–H groups in total. The molecule has 0 aliphatic heterocycles. The molecule has 104 valence electrons. The van der Waals surface area contributed by atoms with Crippen molar-refractivity contribution in [3.63, 3.8) is 0 Å². The lowest BCUT2D eigenvalue weighted by molar-refractivity contribution is 0.201. The molecule has 2 aliphatic carbocycles. The lowest BCUT2D eigenvalue weighted by Gasteiger charge is -2.41. The topological polar surface area (TPSA) is 12.0 Å². The van der Waals surface area contributed by atoms with Gasteiger partial charge in [0.2, 0.25) is 0 Å². The fourth-order valence-corrected chi connectivity index (χ4v) is 3.82. The molecule has 2 atom stereocenters. The SMILES string of the molecule is Cc1cccc(C2CC(NC3CCCCC3C)C2)c1. The van der Waals surface area contributed by atoms with E-state index in [-0.39, 0.29) is 0 Å². The highest BCUT2D eigenvalue weighted by atomic mass is 15.0. The monoisotopic (exact) mass is 257 g/mol. The summed E-state index contributed by atoms with van der Waals surface area (Å²) in [5, 5.41) is 3.92. The summed E-state index contributed by atoms with van der Waals surface area (Å²) in [6, 6.07) is 10.6. The van der Waals surface area contributed by atoms with Gasteiger partial charge < -0.3 is 5.32 Å². The normalized spacial score (nSPS) is 34.8. The maximum atomic E-state index is 3.92. The van der Waals surface area contributed by atoms with Crippen LogP contribution in [0.3, 0.4) is 0 Å². The second-order valence-electron chi connectivity index (χ2n) is 6.81. The Kier molecular flexibility index (Phi) is 3.93. The van der Waals surface area contributed by atoms with Crippen LogP contribution in [0.4, 0.5) is 0 Å². The van der Waals surface area contributed by atoms with Crippen molar-refractivity contribution in [3.05, 3.63) is 35.4 Å². The van der Waals surface area contributed by atoms with Crippen LogP contribution in [0, 0.1) is 12.8 Å². The van der Waals surface area contributed by atoms with Gasteiger partial charge in [-0.25, -0.2) is 0 Å². The second-order valence-corrected chi connectivity index (χ2v) is 6.81. The van der Waals surface area contributed by atoms with Crippen LogP contribution in [0.15, 0.2) is 24.3 Å². The molecular formula is C18H27N. The second kappa shape index (κ2) is 5.66. The Hall–Kier alpha value is -0.820. The molecule has 3 rings (SSSR count). The molecule has 2 unspecified atom stereocenters. The largest absolute Gasteiger partial charge is 0.311 e. The smallest absolute Gasteiger partial charge is 0.00952 e. The Balaban J connectivity index is 1.50. The maximum Gasteiger partial charge on any atom is 0.00952 e. The van der Waals surface area contributed by atoms with E-state index >= 15 is 0 Å². The summed E-state index contributed by atoms with van der Waals surface area (Å²) in [4.78, 5) is 0. The third-order valence-electron chi connectivity index (χ3n) is 5.21. The van der Waals surface area contributed by atoms with Gasteiger partial charge in [-0.2, -0.15) is 0 Å². The highest BCUT2D eigenvalue weighted by Crippen LogP contribution is 2.38. The van der Waals surface area contributed by atoms with Crippen LogP contribution < -0.4 is 5.32 Å². The zero-order chi connectivity index (χ0) is 13.2. The highest BCUT2D eigenvalue weighted by Gasteiger charge is 2.33. The standard InChI is InChI=1S/C18H27N/c1-13-6-5-8-15(10-13)16-11-17(12-16)19-18-9-4-3-7-14(18)2/h5-6,8,10,14,16-19H,3-4,7,9,11-12H2,1-2H3. The molecule has 0 amide bonds. The van der Waals surface area contributed by atoms with E-state index in [1.807, 2.05) is 0 Å². The molecule has 2 fully saturated rings. The summed E-state index contributed by atoms with van der Waals surface area (Å²) in [7, 11) is 0. The van der Waals surface area contributed by atoms with Crippen LogP contribution in [0.25, 0.3) is 0 Å². The molecule has 19 heavy (non-hydrogen) atoms. The average Bonchev–Trinajstić information content (AvgIpc) is 2.35. The van der Waals surface area contributed by atoms with Crippen molar-refractivity contribution in [2.24, 2.45) is 5.92 Å². The third kappa shape index (κ3) is 3.02. The fourth-order valence-electron chi connectivity index (χ4n) is 3.82. The van der Waals surface area contributed by atoms with Crippen LogP contribution in [0.5, 0.6) is 0 Å². The van der Waals surface area contributed by atoms with Gasteiger partial charge in [0.1, 0.15) is 0 Å². The molecule has 2 saturated carbocycles. The quantitative estimate of drug-likeness (QED) is 0.845. The summed E-state index contributed by atoms with van der Waals surface area (Å²) in [6.45, 7) is 4.62. The molecule has 0 bridgehead atoms. The number of rotatable bonds is 3. The van der Waals surface area contributed by atoms with Gasteiger partial charge in [-0.1, -0.05) is 49.6 Å². The van der Waals surface area contributed by atoms with E-state index in [9.17, 15) is 0 Å². The first-order chi connectivity index (χ1) is 9.22. The lowest BCUT2D eigenvalue weighted by Crippen LogP contribution is -2.48. The molecule has 0 spiro atoms. The van der Waals surface area contributed by atoms with Crippen molar-refractivity contribution in [3.8, 4) is 0 Å². The van der Waals surface area contributed by atoms with E-state index < -0.39 is 0 Å². The molecular weight excluding hydrogens is 230 g/mol. The Bertz CT molecular complexity index is 419. The van der Waals surface area contributed by atoms with Crippen LogP contribution in [-0.2, 0) is 0 Å². The molecule has 0 heterocycles. The lowest BCUT2D eigenvalue weighted by atomic mass is 9.74. The Morgan fingerprint density at radius 1 is 1.11 bits per heavy atom. The van der Waals surface area contributed by atoms with Gasteiger partial charge in [0.05, 0.1) is 0 Å². The zero-order valence-electron chi connectivity index (χ0n) is 12.4. The zero-order valence-corrected chi connectivity index (χ0v) is 12.4. The number of nitrogens with one attached hydrogen (secondary N) is 1. The first kappa shape index (κ1) is 13.2. The molecule has 2 aliphatic rings. The van der Waals surface area contributed by atoms with Crippen molar-refractivity contribution in [1.82, 2.24) is 5.32 Å². The Morgan fingerprint density at radius 2 is 1.89 bits per heavy atom. The molecule has 1 aromatic rings. The van der Waals surface area contributed by atoms with Crippen molar-refractivity contribution in [1.29, 1.82) is 0 Å². The van der Waals surface area contributed by atoms with Crippen molar-refractivity contribution >= 4 is 0 Å². The van der Waals surface area contributed by atoms with E-state index in [4.69, 9.17) is 0 Å². The van der Waals surface area contributed by atoms with E-state index in [0.29, 0.717) is 0 Å². The van der Waals surface area contributed by atoms with Gasteiger partial charge >= 0.3 is 0 Å². The van der Waals surface area contributed by atoms with Gasteiger partial charge in [-0.05, 0) is 50.0 Å². The molecule has 0 aromatic heterocycles. The van der Waals surface area contributed by atoms with E-state index in [1.54, 1.807) is 5.56 Å². The minimum atomic E-state index is 0.774. The minimum absolute atomic E-state index is 0.774. The van der Waals surface area contributed by atoms with Gasteiger partial charge in [-0.3, -0.25) is 0 Å². The van der Waals surface area contributed by atoms with Crippen molar-refractivity contribution in [2.45, 2.75) is 70.4 Å². The summed E-state index contributed by atoms with van der Waals surface area (Å²) < 4.78 is 0. The van der Waals surface area contributed by atoms with E-state index in [2.05, 4.69) is 43.4 Å². The fraction of sp³-hybridized carbons (Fsp3) is 0.667. The van der Waals surface area contributed by atoms with Gasteiger partial charge in [0, 0.05) is 12.1 Å². The van der Waals surface area contributed by atoms with Crippen molar-refractivity contribution < 1.29 is 0 Å². The number of hydrogen-bond acceptors (Lipinski definition) is 1. The van der Waals surface area contributed by atoms with Crippen molar-refractivity contribution in [2.75, 3.05) is 0 Å². The maximum absolute atomic E-state index is 3.92. The highest BCUT2D eigenvalue weighted by molar-refractivity contribution is 5.27. The van der Waals surface area contributed by atoms with Gasteiger partial charge in [-0.15, -0.1) is 0 Å². The summed E-state index contributed by atoms with van der Waals surface area (Å²) in [6.07, 6.45) is 8.36. The number of benzene rings is 1. The number of aryl methyl sites for hydroxylation is 1.